The lowest BCUT2D eigenvalue weighted by atomic mass is 10.4. The van der Waals surface area contributed by atoms with Crippen LogP contribution in [-0.4, -0.2) is 45.5 Å². The molecule has 0 bridgehead atoms. The molecule has 0 radical (unpaired) electrons. The molecule has 1 aliphatic carbocycles. The second-order valence-electron chi connectivity index (χ2n) is 4.48. The van der Waals surface area contributed by atoms with Crippen molar-refractivity contribution in [3.05, 3.63) is 0 Å². The first-order chi connectivity index (χ1) is 8.06. The van der Waals surface area contributed by atoms with E-state index in [-0.39, 0.29) is 35.7 Å². The van der Waals surface area contributed by atoms with E-state index in [9.17, 15) is 13.2 Å². The summed E-state index contributed by atoms with van der Waals surface area (Å²) in [5.74, 6) is -0.190. The van der Waals surface area contributed by atoms with Crippen LogP contribution in [0.3, 0.4) is 0 Å². The summed E-state index contributed by atoms with van der Waals surface area (Å²) in [4.78, 5) is 11.4. The zero-order valence-electron chi connectivity index (χ0n) is 10.8. The standard InChI is InChI=1S/C11H22N2O3S.ClH/c1-12-7-8-13-11(14)6-9-17(15,16)10-4-2-3-5-10;/h10,12H,2-9H2,1H3,(H,13,14);1H. The van der Waals surface area contributed by atoms with E-state index in [1.165, 1.54) is 0 Å². The third-order valence-corrected chi connectivity index (χ3v) is 5.38. The third-order valence-electron chi connectivity index (χ3n) is 3.12. The Bertz CT molecular complexity index is 340. The summed E-state index contributed by atoms with van der Waals surface area (Å²) in [5.41, 5.74) is 0. The molecule has 2 N–H and O–H groups in total. The highest BCUT2D eigenvalue weighted by Gasteiger charge is 2.28. The zero-order chi connectivity index (χ0) is 12.7. The van der Waals surface area contributed by atoms with E-state index in [2.05, 4.69) is 10.6 Å². The van der Waals surface area contributed by atoms with Gasteiger partial charge < -0.3 is 10.6 Å². The van der Waals surface area contributed by atoms with Gasteiger partial charge in [-0.1, -0.05) is 12.8 Å². The summed E-state index contributed by atoms with van der Waals surface area (Å²) in [7, 11) is -1.26. The van der Waals surface area contributed by atoms with Crippen molar-refractivity contribution in [1.82, 2.24) is 10.6 Å². The van der Waals surface area contributed by atoms with Crippen molar-refractivity contribution in [2.24, 2.45) is 0 Å². The highest BCUT2D eigenvalue weighted by atomic mass is 35.5. The van der Waals surface area contributed by atoms with E-state index in [1.54, 1.807) is 7.05 Å². The van der Waals surface area contributed by atoms with Gasteiger partial charge in [-0.3, -0.25) is 4.79 Å². The van der Waals surface area contributed by atoms with Crippen LogP contribution in [0, 0.1) is 0 Å². The van der Waals surface area contributed by atoms with Crippen LogP contribution < -0.4 is 10.6 Å². The number of amides is 1. The minimum atomic E-state index is -3.06. The largest absolute Gasteiger partial charge is 0.355 e. The van der Waals surface area contributed by atoms with Crippen LogP contribution in [0.25, 0.3) is 0 Å². The molecule has 0 aromatic rings. The van der Waals surface area contributed by atoms with E-state index in [0.717, 1.165) is 25.7 Å². The SMILES string of the molecule is CNCCNC(=O)CCS(=O)(=O)C1CCCC1.Cl. The summed E-state index contributed by atoms with van der Waals surface area (Å²) < 4.78 is 23.7. The number of hydrogen-bond acceptors (Lipinski definition) is 4. The molecular formula is C11H23ClN2O3S. The highest BCUT2D eigenvalue weighted by molar-refractivity contribution is 7.92. The molecule has 1 rings (SSSR count). The first-order valence-corrected chi connectivity index (χ1v) is 7.90. The Morgan fingerprint density at radius 1 is 1.22 bits per heavy atom. The molecule has 0 aromatic carbocycles. The lowest BCUT2D eigenvalue weighted by Gasteiger charge is -2.10. The predicted molar refractivity (Wildman–Crippen MR) is 74.8 cm³/mol. The normalized spacial score (nSPS) is 16.3. The van der Waals surface area contributed by atoms with Crippen LogP contribution in [0.5, 0.6) is 0 Å². The van der Waals surface area contributed by atoms with Crippen molar-refractivity contribution in [3.8, 4) is 0 Å². The Hall–Kier alpha value is -0.330. The zero-order valence-corrected chi connectivity index (χ0v) is 12.4. The van der Waals surface area contributed by atoms with Crippen LogP contribution in [0.2, 0.25) is 0 Å². The van der Waals surface area contributed by atoms with E-state index in [1.807, 2.05) is 0 Å². The smallest absolute Gasteiger partial charge is 0.221 e. The van der Waals surface area contributed by atoms with Gasteiger partial charge in [-0.15, -0.1) is 12.4 Å². The number of carbonyl (C=O) groups excluding carboxylic acids is 1. The van der Waals surface area contributed by atoms with Crippen molar-refractivity contribution in [2.75, 3.05) is 25.9 Å². The third kappa shape index (κ3) is 6.02. The molecule has 1 fully saturated rings. The monoisotopic (exact) mass is 298 g/mol. The molecule has 0 aliphatic heterocycles. The molecule has 108 valence electrons. The maximum Gasteiger partial charge on any atom is 0.221 e. The number of likely N-dealkylation sites (N-methyl/N-ethyl adjacent to an activating group) is 1. The van der Waals surface area contributed by atoms with E-state index in [4.69, 9.17) is 0 Å². The fourth-order valence-corrected chi connectivity index (χ4v) is 3.92. The van der Waals surface area contributed by atoms with Crippen LogP contribution in [0.1, 0.15) is 32.1 Å². The molecule has 0 aromatic heterocycles. The Balaban J connectivity index is 0.00000289. The molecule has 0 atom stereocenters. The van der Waals surface area contributed by atoms with Gasteiger partial charge in [-0.2, -0.15) is 0 Å². The fraction of sp³-hybridized carbons (Fsp3) is 0.909. The first kappa shape index (κ1) is 17.7. The molecule has 0 spiro atoms. The van der Waals surface area contributed by atoms with Gasteiger partial charge in [-0.25, -0.2) is 8.42 Å². The number of rotatable bonds is 7. The van der Waals surface area contributed by atoms with Crippen LogP contribution in [0.4, 0.5) is 0 Å². The fourth-order valence-electron chi connectivity index (χ4n) is 2.06. The van der Waals surface area contributed by atoms with Gasteiger partial charge in [0.2, 0.25) is 5.91 Å². The van der Waals surface area contributed by atoms with Crippen molar-refractivity contribution in [3.63, 3.8) is 0 Å². The van der Waals surface area contributed by atoms with Crippen LogP contribution in [-0.2, 0) is 14.6 Å². The van der Waals surface area contributed by atoms with Gasteiger partial charge in [0, 0.05) is 19.5 Å². The van der Waals surface area contributed by atoms with Crippen molar-refractivity contribution in [1.29, 1.82) is 0 Å². The summed E-state index contributed by atoms with van der Waals surface area (Å²) in [5, 5.41) is 5.39. The number of carbonyl (C=O) groups is 1. The van der Waals surface area contributed by atoms with Gasteiger partial charge in [0.25, 0.3) is 0 Å². The number of hydrogen-bond donors (Lipinski definition) is 2. The van der Waals surface area contributed by atoms with Gasteiger partial charge in [0.15, 0.2) is 9.84 Å². The van der Waals surface area contributed by atoms with Crippen molar-refractivity contribution < 1.29 is 13.2 Å². The van der Waals surface area contributed by atoms with E-state index >= 15 is 0 Å². The molecule has 18 heavy (non-hydrogen) atoms. The molecular weight excluding hydrogens is 276 g/mol. The maximum absolute atomic E-state index is 11.9. The summed E-state index contributed by atoms with van der Waals surface area (Å²) in [6.45, 7) is 1.24. The van der Waals surface area contributed by atoms with Gasteiger partial charge in [0.1, 0.15) is 0 Å². The Morgan fingerprint density at radius 2 is 1.83 bits per heavy atom. The number of halogens is 1. The van der Waals surface area contributed by atoms with Crippen LogP contribution in [0.15, 0.2) is 0 Å². The van der Waals surface area contributed by atoms with Gasteiger partial charge in [0.05, 0.1) is 11.0 Å². The average Bonchev–Trinajstić information content (AvgIpc) is 2.81. The second kappa shape index (κ2) is 8.72. The average molecular weight is 299 g/mol. The molecule has 1 aliphatic rings. The molecule has 0 heterocycles. The van der Waals surface area contributed by atoms with Crippen molar-refractivity contribution >= 4 is 28.2 Å². The molecule has 1 saturated carbocycles. The number of nitrogens with one attached hydrogen (secondary N) is 2. The summed E-state index contributed by atoms with van der Waals surface area (Å²) >= 11 is 0. The van der Waals surface area contributed by atoms with Gasteiger partial charge in [-0.05, 0) is 19.9 Å². The first-order valence-electron chi connectivity index (χ1n) is 6.19. The summed E-state index contributed by atoms with van der Waals surface area (Å²) in [6, 6.07) is 0. The molecule has 7 heteroatoms. The summed E-state index contributed by atoms with van der Waals surface area (Å²) in [6.07, 6.45) is 3.62. The maximum atomic E-state index is 11.9. The molecule has 5 nitrogen and oxygen atoms in total. The minimum Gasteiger partial charge on any atom is -0.355 e. The Kier molecular flexibility index (Phi) is 8.56. The lowest BCUT2D eigenvalue weighted by Crippen LogP contribution is -2.32. The topological polar surface area (TPSA) is 75.3 Å². The minimum absolute atomic E-state index is 0. The van der Waals surface area contributed by atoms with Gasteiger partial charge >= 0.3 is 0 Å². The van der Waals surface area contributed by atoms with E-state index in [0.29, 0.717) is 13.1 Å². The molecule has 1 amide bonds. The molecule has 0 unspecified atom stereocenters. The van der Waals surface area contributed by atoms with E-state index < -0.39 is 9.84 Å². The predicted octanol–water partition coefficient (Wildman–Crippen LogP) is 0.491. The Morgan fingerprint density at radius 3 is 2.39 bits per heavy atom. The number of sulfone groups is 1. The Labute approximate surface area is 115 Å². The highest BCUT2D eigenvalue weighted by Crippen LogP contribution is 2.25. The van der Waals surface area contributed by atoms with Crippen LogP contribution >= 0.6 is 12.4 Å². The van der Waals surface area contributed by atoms with Crippen molar-refractivity contribution in [2.45, 2.75) is 37.4 Å². The quantitative estimate of drug-likeness (QED) is 0.671. The molecule has 0 saturated heterocycles. The lowest BCUT2D eigenvalue weighted by molar-refractivity contribution is -0.120. The second-order valence-corrected chi connectivity index (χ2v) is 6.88.